The van der Waals surface area contributed by atoms with Crippen LogP contribution >= 0.6 is 11.3 Å². The van der Waals surface area contributed by atoms with Crippen LogP contribution in [0.1, 0.15) is 73.5 Å². The minimum absolute atomic E-state index is 0.546. The summed E-state index contributed by atoms with van der Waals surface area (Å²) in [4.78, 5) is 6.13. The molecule has 19 heavy (non-hydrogen) atoms. The van der Waals surface area contributed by atoms with Gasteiger partial charge in [-0.25, -0.2) is 4.98 Å². The highest BCUT2D eigenvalue weighted by molar-refractivity contribution is 7.11. The van der Waals surface area contributed by atoms with E-state index in [-0.39, 0.29) is 0 Å². The van der Waals surface area contributed by atoms with Gasteiger partial charge in [-0.15, -0.1) is 11.3 Å². The Morgan fingerprint density at radius 1 is 1.21 bits per heavy atom. The Labute approximate surface area is 122 Å². The van der Waals surface area contributed by atoms with E-state index in [1.807, 2.05) is 11.3 Å². The van der Waals surface area contributed by atoms with Crippen LogP contribution in [0, 0.1) is 19.8 Å². The van der Waals surface area contributed by atoms with Crippen molar-refractivity contribution in [3.63, 3.8) is 0 Å². The summed E-state index contributed by atoms with van der Waals surface area (Å²) < 4.78 is 0. The summed E-state index contributed by atoms with van der Waals surface area (Å²) in [6.07, 6.45) is 9.66. The van der Waals surface area contributed by atoms with Gasteiger partial charge in [0.15, 0.2) is 0 Å². The van der Waals surface area contributed by atoms with Crippen molar-refractivity contribution in [3.8, 4) is 0 Å². The second kappa shape index (κ2) is 7.39. The van der Waals surface area contributed by atoms with Gasteiger partial charge in [0.25, 0.3) is 0 Å². The van der Waals surface area contributed by atoms with E-state index < -0.39 is 0 Å². The van der Waals surface area contributed by atoms with Crippen molar-refractivity contribution in [3.05, 3.63) is 15.6 Å². The van der Waals surface area contributed by atoms with Crippen LogP contribution in [0.3, 0.4) is 0 Å². The minimum atomic E-state index is 0.546. The molecule has 0 aliphatic heterocycles. The third-order valence-corrected chi connectivity index (χ3v) is 5.36. The van der Waals surface area contributed by atoms with Crippen molar-refractivity contribution in [2.75, 3.05) is 6.54 Å². The van der Waals surface area contributed by atoms with E-state index in [9.17, 15) is 0 Å². The predicted octanol–water partition coefficient (Wildman–Crippen LogP) is 4.77. The summed E-state index contributed by atoms with van der Waals surface area (Å²) >= 11 is 1.90. The average molecular weight is 280 g/mol. The molecule has 1 aromatic rings. The van der Waals surface area contributed by atoms with Gasteiger partial charge < -0.3 is 5.32 Å². The second-order valence-corrected chi connectivity index (χ2v) is 7.10. The summed E-state index contributed by atoms with van der Waals surface area (Å²) in [5.74, 6) is 0.813. The lowest BCUT2D eigenvalue weighted by Gasteiger charge is -2.27. The molecule has 108 valence electrons. The van der Waals surface area contributed by atoms with E-state index in [2.05, 4.69) is 31.1 Å². The quantitative estimate of drug-likeness (QED) is 0.786. The molecule has 2 rings (SSSR count). The molecule has 0 spiro atoms. The topological polar surface area (TPSA) is 24.9 Å². The molecule has 1 saturated carbocycles. The van der Waals surface area contributed by atoms with Gasteiger partial charge >= 0.3 is 0 Å². The van der Waals surface area contributed by atoms with Crippen molar-refractivity contribution in [1.29, 1.82) is 0 Å². The fourth-order valence-corrected chi connectivity index (χ4v) is 4.35. The van der Waals surface area contributed by atoms with Crippen LogP contribution in [0.15, 0.2) is 0 Å². The first-order chi connectivity index (χ1) is 9.22. The molecule has 1 aromatic heterocycles. The highest BCUT2D eigenvalue weighted by atomic mass is 32.1. The van der Waals surface area contributed by atoms with Crippen LogP contribution in [0.4, 0.5) is 0 Å². The Balaban J connectivity index is 2.16. The summed E-state index contributed by atoms with van der Waals surface area (Å²) in [5, 5.41) is 5.02. The monoisotopic (exact) mass is 280 g/mol. The lowest BCUT2D eigenvalue weighted by molar-refractivity contribution is 0.328. The molecule has 1 unspecified atom stereocenters. The zero-order chi connectivity index (χ0) is 13.7. The first kappa shape index (κ1) is 15.0. The van der Waals surface area contributed by atoms with Crippen LogP contribution in [0.2, 0.25) is 0 Å². The molecule has 1 aliphatic rings. The molecule has 2 nitrogen and oxygen atoms in total. The van der Waals surface area contributed by atoms with E-state index in [4.69, 9.17) is 0 Å². The van der Waals surface area contributed by atoms with E-state index in [1.165, 1.54) is 60.5 Å². The van der Waals surface area contributed by atoms with Gasteiger partial charge in [-0.3, -0.25) is 0 Å². The van der Waals surface area contributed by atoms with Crippen molar-refractivity contribution < 1.29 is 0 Å². The number of hydrogen-bond donors (Lipinski definition) is 1. The Bertz CT molecular complexity index is 378. The molecule has 0 aromatic carbocycles. The van der Waals surface area contributed by atoms with Gasteiger partial charge in [0.2, 0.25) is 0 Å². The Morgan fingerprint density at radius 3 is 2.42 bits per heavy atom. The molecule has 0 radical (unpaired) electrons. The van der Waals surface area contributed by atoms with Crippen molar-refractivity contribution in [2.24, 2.45) is 5.92 Å². The standard InChI is InChI=1S/C16H28N2S/c1-4-11-17-15(14-9-7-5-6-8-10-14)16-12(2)18-13(3)19-16/h14-15,17H,4-11H2,1-3H3. The van der Waals surface area contributed by atoms with Gasteiger partial charge in [-0.2, -0.15) is 0 Å². The molecular formula is C16H28N2S. The summed E-state index contributed by atoms with van der Waals surface area (Å²) in [5.41, 5.74) is 1.25. The fraction of sp³-hybridized carbons (Fsp3) is 0.812. The molecule has 3 heteroatoms. The molecule has 1 heterocycles. The number of rotatable bonds is 5. The minimum Gasteiger partial charge on any atom is -0.309 e. The Kier molecular flexibility index (Phi) is 5.83. The zero-order valence-electron chi connectivity index (χ0n) is 12.7. The third kappa shape index (κ3) is 4.03. The highest BCUT2D eigenvalue weighted by Crippen LogP contribution is 2.37. The number of thiazole rings is 1. The second-order valence-electron chi connectivity index (χ2n) is 5.87. The van der Waals surface area contributed by atoms with E-state index in [0.29, 0.717) is 6.04 Å². The molecular weight excluding hydrogens is 252 g/mol. The fourth-order valence-electron chi connectivity index (χ4n) is 3.25. The average Bonchev–Trinajstić information content (AvgIpc) is 2.60. The van der Waals surface area contributed by atoms with Crippen molar-refractivity contribution in [1.82, 2.24) is 10.3 Å². The van der Waals surface area contributed by atoms with Gasteiger partial charge in [-0.1, -0.05) is 32.6 Å². The Morgan fingerprint density at radius 2 is 1.89 bits per heavy atom. The summed E-state index contributed by atoms with van der Waals surface area (Å²) in [7, 11) is 0. The van der Waals surface area contributed by atoms with Gasteiger partial charge in [0.1, 0.15) is 0 Å². The van der Waals surface area contributed by atoms with Crippen LogP contribution in [-0.2, 0) is 0 Å². The van der Waals surface area contributed by atoms with Gasteiger partial charge in [0.05, 0.1) is 10.7 Å². The summed E-state index contributed by atoms with van der Waals surface area (Å²) in [6.45, 7) is 7.68. The smallest absolute Gasteiger partial charge is 0.0900 e. The number of aromatic nitrogens is 1. The molecule has 0 saturated heterocycles. The number of hydrogen-bond acceptors (Lipinski definition) is 3. The molecule has 0 bridgehead atoms. The number of nitrogens with one attached hydrogen (secondary N) is 1. The van der Waals surface area contributed by atoms with E-state index in [1.54, 1.807) is 0 Å². The molecule has 1 aliphatic carbocycles. The molecule has 1 fully saturated rings. The van der Waals surface area contributed by atoms with E-state index in [0.717, 1.165) is 12.5 Å². The largest absolute Gasteiger partial charge is 0.309 e. The Hall–Kier alpha value is -0.410. The lowest BCUT2D eigenvalue weighted by atomic mass is 9.90. The maximum absolute atomic E-state index is 4.64. The summed E-state index contributed by atoms with van der Waals surface area (Å²) in [6, 6.07) is 0.546. The first-order valence-electron chi connectivity index (χ1n) is 7.89. The lowest BCUT2D eigenvalue weighted by Crippen LogP contribution is -2.28. The van der Waals surface area contributed by atoms with Gasteiger partial charge in [-0.05, 0) is 45.6 Å². The number of aryl methyl sites for hydroxylation is 2. The first-order valence-corrected chi connectivity index (χ1v) is 8.71. The van der Waals surface area contributed by atoms with Crippen LogP contribution in [0.25, 0.3) is 0 Å². The maximum Gasteiger partial charge on any atom is 0.0900 e. The molecule has 1 atom stereocenters. The van der Waals surface area contributed by atoms with Crippen LogP contribution < -0.4 is 5.32 Å². The number of nitrogens with zero attached hydrogens (tertiary/aromatic N) is 1. The van der Waals surface area contributed by atoms with Crippen LogP contribution in [0.5, 0.6) is 0 Å². The van der Waals surface area contributed by atoms with Crippen LogP contribution in [-0.4, -0.2) is 11.5 Å². The van der Waals surface area contributed by atoms with Crippen molar-refractivity contribution >= 4 is 11.3 Å². The van der Waals surface area contributed by atoms with Crippen molar-refractivity contribution in [2.45, 2.75) is 71.8 Å². The molecule has 0 amide bonds. The molecule has 1 N–H and O–H groups in total. The van der Waals surface area contributed by atoms with Gasteiger partial charge in [0, 0.05) is 10.9 Å². The SMILES string of the molecule is CCCNC(c1sc(C)nc1C)C1CCCCCC1. The zero-order valence-corrected chi connectivity index (χ0v) is 13.5. The highest BCUT2D eigenvalue weighted by Gasteiger charge is 2.26. The van der Waals surface area contributed by atoms with E-state index >= 15 is 0 Å². The predicted molar refractivity (Wildman–Crippen MR) is 83.8 cm³/mol. The normalized spacial score (nSPS) is 19.3. The maximum atomic E-state index is 4.64. The third-order valence-electron chi connectivity index (χ3n) is 4.21.